The number of carbonyl (C=O) groups excluding carboxylic acids is 1. The summed E-state index contributed by atoms with van der Waals surface area (Å²) >= 11 is 5.92. The van der Waals surface area contributed by atoms with Crippen LogP contribution >= 0.6 is 11.6 Å². The quantitative estimate of drug-likeness (QED) is 0.455. The van der Waals surface area contributed by atoms with Crippen LogP contribution in [0.2, 0.25) is 5.02 Å². The van der Waals surface area contributed by atoms with Crippen LogP contribution < -0.4 is 10.6 Å². The number of hydrogen-bond acceptors (Lipinski definition) is 6. The van der Waals surface area contributed by atoms with Crippen molar-refractivity contribution in [3.05, 3.63) is 76.8 Å². The maximum absolute atomic E-state index is 12.3. The van der Waals surface area contributed by atoms with Crippen molar-refractivity contribution in [2.45, 2.75) is 20.4 Å². The van der Waals surface area contributed by atoms with Gasteiger partial charge in [0, 0.05) is 16.3 Å². The number of anilines is 1. The second kappa shape index (κ2) is 9.01. The molecule has 31 heavy (non-hydrogen) atoms. The predicted molar refractivity (Wildman–Crippen MR) is 118 cm³/mol. The van der Waals surface area contributed by atoms with Crippen LogP contribution in [0.1, 0.15) is 17.1 Å². The molecule has 0 aliphatic carbocycles. The van der Waals surface area contributed by atoms with Gasteiger partial charge in [-0.15, -0.1) is 5.10 Å². The number of hydrogen-bond donors (Lipinski definition) is 2. The highest BCUT2D eigenvalue weighted by molar-refractivity contribution is 6.30. The summed E-state index contributed by atoms with van der Waals surface area (Å²) in [5.74, 6) is 1.94. The smallest absolute Gasteiger partial charge is 0.239 e. The first-order valence-electron chi connectivity index (χ1n) is 9.71. The lowest BCUT2D eigenvalue weighted by atomic mass is 10.2. The number of tetrazole rings is 1. The molecule has 0 atom stereocenters. The van der Waals surface area contributed by atoms with Gasteiger partial charge in [0.15, 0.2) is 5.82 Å². The van der Waals surface area contributed by atoms with Gasteiger partial charge >= 0.3 is 0 Å². The van der Waals surface area contributed by atoms with Gasteiger partial charge in [0.05, 0.1) is 18.8 Å². The molecule has 0 bridgehead atoms. The maximum Gasteiger partial charge on any atom is 0.239 e. The summed E-state index contributed by atoms with van der Waals surface area (Å²) in [4.78, 5) is 12.3. The molecule has 0 aliphatic heterocycles. The molecular formula is C22H21ClN6O2. The molecule has 2 aromatic carbocycles. The van der Waals surface area contributed by atoms with Crippen molar-refractivity contribution in [3.63, 3.8) is 0 Å². The van der Waals surface area contributed by atoms with E-state index in [-0.39, 0.29) is 12.5 Å². The van der Waals surface area contributed by atoms with E-state index in [1.54, 1.807) is 4.68 Å². The van der Waals surface area contributed by atoms with Crippen LogP contribution in [-0.2, 0) is 11.3 Å². The number of rotatable bonds is 7. The van der Waals surface area contributed by atoms with Crippen molar-refractivity contribution in [3.8, 4) is 17.0 Å². The van der Waals surface area contributed by atoms with E-state index in [1.807, 2.05) is 68.4 Å². The molecule has 2 heterocycles. The number of carbonyl (C=O) groups is 1. The summed E-state index contributed by atoms with van der Waals surface area (Å²) in [5, 5.41) is 18.3. The molecule has 2 N–H and O–H groups in total. The zero-order valence-electron chi connectivity index (χ0n) is 17.1. The molecule has 9 heteroatoms. The van der Waals surface area contributed by atoms with Gasteiger partial charge in [0.1, 0.15) is 11.5 Å². The lowest BCUT2D eigenvalue weighted by Gasteiger charge is -2.11. The van der Waals surface area contributed by atoms with E-state index in [2.05, 4.69) is 26.2 Å². The number of aryl methyl sites for hydroxylation is 2. The highest BCUT2D eigenvalue weighted by Gasteiger charge is 2.10. The highest BCUT2D eigenvalue weighted by atomic mass is 35.5. The average Bonchev–Trinajstić information content (AvgIpc) is 3.41. The lowest BCUT2D eigenvalue weighted by molar-refractivity contribution is -0.119. The fraction of sp³-hybridized carbons (Fsp3) is 0.182. The Labute approximate surface area is 184 Å². The van der Waals surface area contributed by atoms with Gasteiger partial charge < -0.3 is 15.1 Å². The Balaban J connectivity index is 1.32. The number of benzene rings is 2. The molecule has 158 valence electrons. The van der Waals surface area contributed by atoms with Gasteiger partial charge in [-0.1, -0.05) is 17.7 Å². The van der Waals surface area contributed by atoms with Crippen molar-refractivity contribution in [1.29, 1.82) is 0 Å². The van der Waals surface area contributed by atoms with Gasteiger partial charge in [-0.3, -0.25) is 4.79 Å². The second-order valence-electron chi connectivity index (χ2n) is 7.04. The van der Waals surface area contributed by atoms with Crippen LogP contribution in [0.15, 0.2) is 59.0 Å². The van der Waals surface area contributed by atoms with Gasteiger partial charge in [0.2, 0.25) is 5.91 Å². The normalized spacial score (nSPS) is 10.8. The predicted octanol–water partition coefficient (Wildman–Crippen LogP) is 3.92. The number of amides is 1. The SMILES string of the molecule is Cc1ccc(NCC(=O)NCc2ccc(-c3ccc(Cl)cc3)o2)cc1-n1nnnc1C. The Kier molecular flexibility index (Phi) is 5.99. The number of aromatic nitrogens is 4. The van der Waals surface area contributed by atoms with Crippen molar-refractivity contribution in [2.24, 2.45) is 0 Å². The summed E-state index contributed by atoms with van der Waals surface area (Å²) in [6.45, 7) is 4.24. The van der Waals surface area contributed by atoms with E-state index in [4.69, 9.17) is 16.0 Å². The molecule has 4 aromatic rings. The molecule has 8 nitrogen and oxygen atoms in total. The van der Waals surface area contributed by atoms with Crippen molar-refractivity contribution in [2.75, 3.05) is 11.9 Å². The molecule has 0 radical (unpaired) electrons. The summed E-state index contributed by atoms with van der Waals surface area (Å²) in [6, 6.07) is 16.9. The topological polar surface area (TPSA) is 97.9 Å². The summed E-state index contributed by atoms with van der Waals surface area (Å²) in [6.07, 6.45) is 0. The summed E-state index contributed by atoms with van der Waals surface area (Å²) in [5.41, 5.74) is 3.61. The fourth-order valence-electron chi connectivity index (χ4n) is 3.07. The third kappa shape index (κ3) is 4.92. The Bertz CT molecular complexity index is 1200. The minimum atomic E-state index is -0.148. The number of nitrogens with one attached hydrogen (secondary N) is 2. The van der Waals surface area contributed by atoms with E-state index < -0.39 is 0 Å². The Hall–Kier alpha value is -3.65. The zero-order chi connectivity index (χ0) is 21.8. The number of nitrogens with zero attached hydrogens (tertiary/aromatic N) is 4. The minimum Gasteiger partial charge on any atom is -0.459 e. The van der Waals surface area contributed by atoms with Gasteiger partial charge in [0.25, 0.3) is 0 Å². The first-order chi connectivity index (χ1) is 15.0. The molecule has 1 amide bonds. The minimum absolute atomic E-state index is 0.127. The van der Waals surface area contributed by atoms with E-state index in [0.717, 1.165) is 28.3 Å². The van der Waals surface area contributed by atoms with Crippen molar-refractivity contribution < 1.29 is 9.21 Å². The molecule has 0 fully saturated rings. The Morgan fingerprint density at radius 3 is 2.65 bits per heavy atom. The first kappa shape index (κ1) is 20.6. The molecule has 0 unspecified atom stereocenters. The molecular weight excluding hydrogens is 416 g/mol. The first-order valence-corrected chi connectivity index (χ1v) is 10.1. The lowest BCUT2D eigenvalue weighted by Crippen LogP contribution is -2.29. The second-order valence-corrected chi connectivity index (χ2v) is 7.48. The maximum atomic E-state index is 12.3. The van der Waals surface area contributed by atoms with E-state index >= 15 is 0 Å². The van der Waals surface area contributed by atoms with Gasteiger partial charge in [-0.05, 0) is 78.4 Å². The van der Waals surface area contributed by atoms with Gasteiger partial charge in [-0.2, -0.15) is 4.68 Å². The van der Waals surface area contributed by atoms with Crippen LogP contribution in [0.4, 0.5) is 5.69 Å². The van der Waals surface area contributed by atoms with E-state index in [0.29, 0.717) is 23.2 Å². The molecule has 0 aliphatic rings. The largest absolute Gasteiger partial charge is 0.459 e. The zero-order valence-corrected chi connectivity index (χ0v) is 17.8. The average molecular weight is 437 g/mol. The van der Waals surface area contributed by atoms with Crippen LogP contribution in [0.5, 0.6) is 0 Å². The van der Waals surface area contributed by atoms with Crippen LogP contribution in [0, 0.1) is 13.8 Å². The third-order valence-corrected chi connectivity index (χ3v) is 5.02. The molecule has 0 spiro atoms. The fourth-order valence-corrected chi connectivity index (χ4v) is 3.20. The third-order valence-electron chi connectivity index (χ3n) is 4.77. The Morgan fingerprint density at radius 2 is 1.90 bits per heavy atom. The molecule has 2 aromatic heterocycles. The molecule has 0 saturated carbocycles. The highest BCUT2D eigenvalue weighted by Crippen LogP contribution is 2.24. The van der Waals surface area contributed by atoms with Crippen LogP contribution in [0.3, 0.4) is 0 Å². The van der Waals surface area contributed by atoms with Crippen LogP contribution in [-0.4, -0.2) is 32.7 Å². The van der Waals surface area contributed by atoms with Crippen molar-refractivity contribution in [1.82, 2.24) is 25.5 Å². The Morgan fingerprint density at radius 1 is 1.10 bits per heavy atom. The standard InChI is InChI=1S/C22H21ClN6O2/c1-14-3-8-18(11-20(14)29-15(2)26-27-28-29)24-13-22(30)25-12-19-9-10-21(31-19)16-4-6-17(23)7-5-16/h3-11,24H,12-13H2,1-2H3,(H,25,30). The molecule has 4 rings (SSSR count). The van der Waals surface area contributed by atoms with E-state index in [9.17, 15) is 4.79 Å². The van der Waals surface area contributed by atoms with Crippen molar-refractivity contribution >= 4 is 23.2 Å². The summed E-state index contributed by atoms with van der Waals surface area (Å²) < 4.78 is 7.47. The monoisotopic (exact) mass is 436 g/mol. The van der Waals surface area contributed by atoms with E-state index in [1.165, 1.54) is 0 Å². The number of halogens is 1. The summed E-state index contributed by atoms with van der Waals surface area (Å²) in [7, 11) is 0. The van der Waals surface area contributed by atoms with Gasteiger partial charge in [-0.25, -0.2) is 0 Å². The molecule has 0 saturated heterocycles. The number of furan rings is 1. The van der Waals surface area contributed by atoms with Crippen LogP contribution in [0.25, 0.3) is 17.0 Å².